The molecule has 0 radical (unpaired) electrons. The third-order valence-corrected chi connectivity index (χ3v) is 2.24. The molecule has 0 atom stereocenters. The van der Waals surface area contributed by atoms with Gasteiger partial charge in [0.2, 0.25) is 0 Å². The lowest BCUT2D eigenvalue weighted by molar-refractivity contribution is 0.0697. The number of nitrogens with zero attached hydrogens (tertiary/aromatic N) is 1. The van der Waals surface area contributed by atoms with Crippen molar-refractivity contribution < 1.29 is 18.8 Å². The lowest BCUT2D eigenvalue weighted by Crippen LogP contribution is -1.97. The Kier molecular flexibility index (Phi) is 2.44. The minimum Gasteiger partial charge on any atom is -0.477 e. The van der Waals surface area contributed by atoms with E-state index in [0.29, 0.717) is 5.56 Å². The second-order valence-electron chi connectivity index (χ2n) is 3.31. The van der Waals surface area contributed by atoms with Gasteiger partial charge in [-0.15, -0.1) is 0 Å². The van der Waals surface area contributed by atoms with Gasteiger partial charge in [-0.3, -0.25) is 0 Å². The standard InChI is InChI=1S/C11H8FNO3/c1-6-3-2-4-7(9(6)12)10-8(11(14)15)5-13-16-10/h2-5H,1H3,(H,14,15). The van der Waals surface area contributed by atoms with Crippen molar-refractivity contribution in [3.8, 4) is 11.3 Å². The molecule has 0 saturated carbocycles. The summed E-state index contributed by atoms with van der Waals surface area (Å²) >= 11 is 0. The predicted octanol–water partition coefficient (Wildman–Crippen LogP) is 2.49. The smallest absolute Gasteiger partial charge is 0.341 e. The van der Waals surface area contributed by atoms with E-state index in [-0.39, 0.29) is 16.9 Å². The van der Waals surface area contributed by atoms with E-state index in [1.807, 2.05) is 0 Å². The first-order valence-corrected chi connectivity index (χ1v) is 4.54. The summed E-state index contributed by atoms with van der Waals surface area (Å²) in [4.78, 5) is 10.8. The van der Waals surface area contributed by atoms with E-state index in [1.54, 1.807) is 19.1 Å². The Bertz CT molecular complexity index is 548. The molecule has 0 unspecified atom stereocenters. The Labute approximate surface area is 90.3 Å². The molecule has 0 spiro atoms. The SMILES string of the molecule is Cc1cccc(-c2oncc2C(=O)O)c1F. The van der Waals surface area contributed by atoms with Crippen LogP contribution in [0.5, 0.6) is 0 Å². The molecule has 0 aliphatic rings. The highest BCUT2D eigenvalue weighted by molar-refractivity contribution is 5.94. The topological polar surface area (TPSA) is 63.3 Å². The number of aryl methyl sites for hydroxylation is 1. The Hall–Kier alpha value is -2.17. The summed E-state index contributed by atoms with van der Waals surface area (Å²) in [6, 6.07) is 4.67. The number of benzene rings is 1. The zero-order valence-electron chi connectivity index (χ0n) is 8.40. The number of rotatable bonds is 2. The van der Waals surface area contributed by atoms with Crippen LogP contribution in [0.15, 0.2) is 28.9 Å². The maximum absolute atomic E-state index is 13.7. The van der Waals surface area contributed by atoms with E-state index in [4.69, 9.17) is 9.63 Å². The van der Waals surface area contributed by atoms with Gasteiger partial charge in [0.25, 0.3) is 0 Å². The first-order chi connectivity index (χ1) is 7.61. The van der Waals surface area contributed by atoms with Crippen molar-refractivity contribution >= 4 is 5.97 Å². The Morgan fingerprint density at radius 2 is 2.25 bits per heavy atom. The summed E-state index contributed by atoms with van der Waals surface area (Å²) in [7, 11) is 0. The number of hydrogen-bond acceptors (Lipinski definition) is 3. The van der Waals surface area contributed by atoms with Gasteiger partial charge in [0.15, 0.2) is 5.76 Å². The molecule has 0 aliphatic heterocycles. The second-order valence-corrected chi connectivity index (χ2v) is 3.31. The highest BCUT2D eigenvalue weighted by Gasteiger charge is 2.20. The van der Waals surface area contributed by atoms with Crippen LogP contribution in [-0.2, 0) is 0 Å². The molecular weight excluding hydrogens is 213 g/mol. The van der Waals surface area contributed by atoms with E-state index in [9.17, 15) is 9.18 Å². The molecule has 0 amide bonds. The normalized spacial score (nSPS) is 10.4. The molecule has 1 N–H and O–H groups in total. The fraction of sp³-hybridized carbons (Fsp3) is 0.0909. The molecule has 0 aliphatic carbocycles. The Morgan fingerprint density at radius 1 is 1.50 bits per heavy atom. The number of carbonyl (C=O) groups is 1. The van der Waals surface area contributed by atoms with Crippen LogP contribution in [0.2, 0.25) is 0 Å². The van der Waals surface area contributed by atoms with Gasteiger partial charge in [0, 0.05) is 0 Å². The number of aromatic carboxylic acids is 1. The molecule has 0 saturated heterocycles. The van der Waals surface area contributed by atoms with Crippen molar-refractivity contribution in [1.82, 2.24) is 5.16 Å². The Balaban J connectivity index is 2.63. The van der Waals surface area contributed by atoms with Crippen LogP contribution in [0.25, 0.3) is 11.3 Å². The largest absolute Gasteiger partial charge is 0.477 e. The molecule has 1 aromatic heterocycles. The molecule has 1 heterocycles. The van der Waals surface area contributed by atoms with Crippen LogP contribution in [0.1, 0.15) is 15.9 Å². The van der Waals surface area contributed by atoms with E-state index < -0.39 is 11.8 Å². The average Bonchev–Trinajstić information content (AvgIpc) is 2.70. The Morgan fingerprint density at radius 3 is 2.94 bits per heavy atom. The average molecular weight is 221 g/mol. The predicted molar refractivity (Wildman–Crippen MR) is 53.6 cm³/mol. The molecule has 16 heavy (non-hydrogen) atoms. The molecule has 2 aromatic rings. The van der Waals surface area contributed by atoms with Crippen LogP contribution < -0.4 is 0 Å². The van der Waals surface area contributed by atoms with Crippen LogP contribution in [0.3, 0.4) is 0 Å². The van der Waals surface area contributed by atoms with Crippen molar-refractivity contribution in [2.45, 2.75) is 6.92 Å². The van der Waals surface area contributed by atoms with Crippen molar-refractivity contribution in [2.75, 3.05) is 0 Å². The lowest BCUT2D eigenvalue weighted by Gasteiger charge is -2.02. The van der Waals surface area contributed by atoms with Crippen LogP contribution >= 0.6 is 0 Å². The number of carboxylic acid groups (broad SMARTS) is 1. The fourth-order valence-electron chi connectivity index (χ4n) is 1.41. The fourth-order valence-corrected chi connectivity index (χ4v) is 1.41. The lowest BCUT2D eigenvalue weighted by atomic mass is 10.1. The van der Waals surface area contributed by atoms with Crippen LogP contribution in [0.4, 0.5) is 4.39 Å². The van der Waals surface area contributed by atoms with Gasteiger partial charge in [-0.25, -0.2) is 9.18 Å². The molecule has 4 nitrogen and oxygen atoms in total. The minimum atomic E-state index is -1.20. The highest BCUT2D eigenvalue weighted by Crippen LogP contribution is 2.27. The number of aromatic nitrogens is 1. The summed E-state index contributed by atoms with van der Waals surface area (Å²) in [5.74, 6) is -1.76. The highest BCUT2D eigenvalue weighted by atomic mass is 19.1. The molecule has 1 aromatic carbocycles. The molecule has 82 valence electrons. The number of halogens is 1. The summed E-state index contributed by atoms with van der Waals surface area (Å²) in [6.45, 7) is 1.59. The van der Waals surface area contributed by atoms with Gasteiger partial charge < -0.3 is 9.63 Å². The van der Waals surface area contributed by atoms with E-state index >= 15 is 0 Å². The van der Waals surface area contributed by atoms with Crippen LogP contribution in [0, 0.1) is 12.7 Å². The monoisotopic (exact) mass is 221 g/mol. The molecular formula is C11H8FNO3. The molecule has 0 bridgehead atoms. The first-order valence-electron chi connectivity index (χ1n) is 4.54. The molecule has 0 fully saturated rings. The summed E-state index contributed by atoms with van der Waals surface area (Å²) in [5, 5.41) is 12.2. The summed E-state index contributed by atoms with van der Waals surface area (Å²) in [6.07, 6.45) is 1.06. The number of carboxylic acids is 1. The maximum Gasteiger partial charge on any atom is 0.341 e. The van der Waals surface area contributed by atoms with Gasteiger partial charge in [-0.1, -0.05) is 17.3 Å². The van der Waals surface area contributed by atoms with E-state index in [1.165, 1.54) is 6.07 Å². The van der Waals surface area contributed by atoms with Gasteiger partial charge in [0.05, 0.1) is 11.8 Å². The summed E-state index contributed by atoms with van der Waals surface area (Å²) in [5.41, 5.74) is 0.379. The zero-order chi connectivity index (χ0) is 11.7. The van der Waals surface area contributed by atoms with Gasteiger partial charge >= 0.3 is 5.97 Å². The van der Waals surface area contributed by atoms with Gasteiger partial charge in [0.1, 0.15) is 11.4 Å². The summed E-state index contributed by atoms with van der Waals surface area (Å²) < 4.78 is 18.5. The zero-order valence-corrected chi connectivity index (χ0v) is 8.40. The second kappa shape index (κ2) is 3.77. The quantitative estimate of drug-likeness (QED) is 0.846. The van der Waals surface area contributed by atoms with Crippen molar-refractivity contribution in [1.29, 1.82) is 0 Å². The van der Waals surface area contributed by atoms with Gasteiger partial charge in [-0.2, -0.15) is 0 Å². The van der Waals surface area contributed by atoms with Crippen molar-refractivity contribution in [3.63, 3.8) is 0 Å². The van der Waals surface area contributed by atoms with Crippen molar-refractivity contribution in [3.05, 3.63) is 41.3 Å². The van der Waals surface area contributed by atoms with E-state index in [0.717, 1.165) is 6.20 Å². The number of hydrogen-bond donors (Lipinski definition) is 1. The van der Waals surface area contributed by atoms with E-state index in [2.05, 4.69) is 5.16 Å². The molecule has 2 rings (SSSR count). The maximum atomic E-state index is 13.7. The molecule has 5 heteroatoms. The van der Waals surface area contributed by atoms with Crippen molar-refractivity contribution in [2.24, 2.45) is 0 Å². The van der Waals surface area contributed by atoms with Gasteiger partial charge in [-0.05, 0) is 18.6 Å². The third kappa shape index (κ3) is 1.56. The third-order valence-electron chi connectivity index (χ3n) is 2.24. The first kappa shape index (κ1) is 10.4. The minimum absolute atomic E-state index is 0.0614. The van der Waals surface area contributed by atoms with Crippen LogP contribution in [-0.4, -0.2) is 16.2 Å².